The van der Waals surface area contributed by atoms with Gasteiger partial charge in [0.15, 0.2) is 5.69 Å². The van der Waals surface area contributed by atoms with E-state index in [1.165, 1.54) is 19.1 Å². The van der Waals surface area contributed by atoms with Crippen molar-refractivity contribution < 1.29 is 14.0 Å². The third-order valence-corrected chi connectivity index (χ3v) is 4.07. The van der Waals surface area contributed by atoms with E-state index >= 15 is 0 Å². The van der Waals surface area contributed by atoms with Crippen LogP contribution in [-0.2, 0) is 17.6 Å². The lowest BCUT2D eigenvalue weighted by Crippen LogP contribution is -2.40. The second-order valence-corrected chi connectivity index (χ2v) is 5.86. The quantitative estimate of drug-likeness (QED) is 0.654. The number of amides is 2. The molecule has 0 saturated carbocycles. The summed E-state index contributed by atoms with van der Waals surface area (Å²) < 4.78 is 14.9. The van der Waals surface area contributed by atoms with E-state index in [4.69, 9.17) is 0 Å². The molecule has 1 aliphatic rings. The molecule has 6 nitrogen and oxygen atoms in total. The van der Waals surface area contributed by atoms with E-state index in [1.807, 2.05) is 0 Å². The van der Waals surface area contributed by atoms with Crippen LogP contribution in [-0.4, -0.2) is 21.6 Å². The van der Waals surface area contributed by atoms with Crippen LogP contribution >= 0.6 is 0 Å². The fraction of sp³-hybridized carbons (Fsp3) is 0.353. The third-order valence-electron chi connectivity index (χ3n) is 4.07. The lowest BCUT2D eigenvalue weighted by atomic mass is 10.1. The van der Waals surface area contributed by atoms with Crippen LogP contribution in [0.1, 0.15) is 47.9 Å². The molecule has 0 radical (unpaired) electrons. The second-order valence-electron chi connectivity index (χ2n) is 5.86. The fourth-order valence-electron chi connectivity index (χ4n) is 2.96. The predicted octanol–water partition coefficient (Wildman–Crippen LogP) is 2.06. The maximum absolute atomic E-state index is 13.2. The predicted molar refractivity (Wildman–Crippen MR) is 86.1 cm³/mol. The maximum atomic E-state index is 13.2. The first-order valence-electron chi connectivity index (χ1n) is 8.00. The minimum atomic E-state index is -0.441. The Labute approximate surface area is 139 Å². The number of benzene rings is 1. The summed E-state index contributed by atoms with van der Waals surface area (Å²) in [6.45, 7) is 1.32. The minimum Gasteiger partial charge on any atom is -0.274 e. The van der Waals surface area contributed by atoms with Crippen molar-refractivity contribution in [1.82, 2.24) is 20.6 Å². The molecule has 0 bridgehead atoms. The number of aromatic nitrogens is 2. The van der Waals surface area contributed by atoms with Crippen LogP contribution in [0.25, 0.3) is 5.69 Å². The normalized spacial score (nSPS) is 13.8. The molecule has 0 saturated heterocycles. The van der Waals surface area contributed by atoms with Gasteiger partial charge in [-0.3, -0.25) is 20.4 Å². The highest BCUT2D eigenvalue weighted by Gasteiger charge is 2.24. The molecule has 1 aromatic heterocycles. The van der Waals surface area contributed by atoms with Gasteiger partial charge in [-0.15, -0.1) is 0 Å². The van der Waals surface area contributed by atoms with Gasteiger partial charge in [-0.2, -0.15) is 5.10 Å². The van der Waals surface area contributed by atoms with Crippen LogP contribution in [0.4, 0.5) is 4.39 Å². The molecule has 2 N–H and O–H groups in total. The topological polar surface area (TPSA) is 76.0 Å². The summed E-state index contributed by atoms with van der Waals surface area (Å²) in [5.74, 6) is -1.11. The first-order valence-corrected chi connectivity index (χ1v) is 8.00. The molecular weight excluding hydrogens is 311 g/mol. The molecule has 2 aromatic rings. The van der Waals surface area contributed by atoms with E-state index < -0.39 is 5.91 Å². The summed E-state index contributed by atoms with van der Waals surface area (Å²) in [7, 11) is 0. The SMILES string of the molecule is CC(=O)NNC(=O)c1nn(-c2ccc(F)cc2)c2c1CCCCC2. The number of halogens is 1. The van der Waals surface area contributed by atoms with Gasteiger partial charge >= 0.3 is 0 Å². The van der Waals surface area contributed by atoms with Crippen molar-refractivity contribution in [3.05, 3.63) is 47.0 Å². The Kier molecular flexibility index (Phi) is 4.59. The highest BCUT2D eigenvalue weighted by atomic mass is 19.1. The van der Waals surface area contributed by atoms with Crippen molar-refractivity contribution in [2.75, 3.05) is 0 Å². The van der Waals surface area contributed by atoms with Gasteiger partial charge in [-0.25, -0.2) is 9.07 Å². The van der Waals surface area contributed by atoms with Crippen LogP contribution < -0.4 is 10.9 Å². The van der Waals surface area contributed by atoms with E-state index in [1.54, 1.807) is 16.8 Å². The smallest absolute Gasteiger partial charge is 0.274 e. The summed E-state index contributed by atoms with van der Waals surface area (Å²) >= 11 is 0. The summed E-state index contributed by atoms with van der Waals surface area (Å²) in [6.07, 6.45) is 4.67. The largest absolute Gasteiger partial charge is 0.290 e. The molecule has 3 rings (SSSR count). The fourth-order valence-corrected chi connectivity index (χ4v) is 2.96. The monoisotopic (exact) mass is 330 g/mol. The maximum Gasteiger partial charge on any atom is 0.290 e. The Bertz CT molecular complexity index is 768. The molecule has 2 amide bonds. The molecule has 1 heterocycles. The Morgan fingerprint density at radius 1 is 1.08 bits per heavy atom. The summed E-state index contributed by atoms with van der Waals surface area (Å²) in [5.41, 5.74) is 7.56. The first kappa shape index (κ1) is 16.2. The van der Waals surface area contributed by atoms with E-state index in [9.17, 15) is 14.0 Å². The molecule has 1 aromatic carbocycles. The Hall–Kier alpha value is -2.70. The van der Waals surface area contributed by atoms with E-state index in [0.717, 1.165) is 43.4 Å². The van der Waals surface area contributed by atoms with E-state index in [-0.39, 0.29) is 11.7 Å². The van der Waals surface area contributed by atoms with Crippen molar-refractivity contribution in [3.63, 3.8) is 0 Å². The summed E-state index contributed by atoms with van der Waals surface area (Å²) in [5, 5.41) is 4.44. The summed E-state index contributed by atoms with van der Waals surface area (Å²) in [4.78, 5) is 23.4. The average molecular weight is 330 g/mol. The van der Waals surface area contributed by atoms with Gasteiger partial charge in [-0.05, 0) is 49.9 Å². The number of rotatable bonds is 2. The van der Waals surface area contributed by atoms with Gasteiger partial charge in [0, 0.05) is 18.2 Å². The van der Waals surface area contributed by atoms with Crippen molar-refractivity contribution in [2.24, 2.45) is 0 Å². The number of carbonyl (C=O) groups excluding carboxylic acids is 2. The summed E-state index contributed by atoms with van der Waals surface area (Å²) in [6, 6.07) is 6.03. The zero-order chi connectivity index (χ0) is 17.1. The number of hydrazine groups is 1. The second kappa shape index (κ2) is 6.82. The molecule has 0 unspecified atom stereocenters. The number of fused-ring (bicyclic) bond motifs is 1. The zero-order valence-corrected chi connectivity index (χ0v) is 13.4. The van der Waals surface area contributed by atoms with E-state index in [2.05, 4.69) is 16.0 Å². The van der Waals surface area contributed by atoms with Crippen molar-refractivity contribution in [2.45, 2.75) is 39.0 Å². The molecule has 24 heavy (non-hydrogen) atoms. The highest BCUT2D eigenvalue weighted by Crippen LogP contribution is 2.26. The molecule has 7 heteroatoms. The van der Waals surface area contributed by atoms with Gasteiger partial charge in [-0.1, -0.05) is 6.42 Å². The van der Waals surface area contributed by atoms with Crippen molar-refractivity contribution in [1.29, 1.82) is 0 Å². The van der Waals surface area contributed by atoms with Crippen LogP contribution in [0.15, 0.2) is 24.3 Å². The molecule has 0 aliphatic heterocycles. The lowest BCUT2D eigenvalue weighted by molar-refractivity contribution is -0.119. The standard InChI is InChI=1S/C17H19FN4O2/c1-11(23)19-20-17(24)16-14-5-3-2-4-6-15(14)22(21-16)13-9-7-12(18)8-10-13/h7-10H,2-6H2,1H3,(H,19,23)(H,20,24). The zero-order valence-electron chi connectivity index (χ0n) is 13.4. The van der Waals surface area contributed by atoms with Crippen LogP contribution in [0.3, 0.4) is 0 Å². The third kappa shape index (κ3) is 3.29. The minimum absolute atomic E-state index is 0.310. The molecule has 126 valence electrons. The average Bonchev–Trinajstić information content (AvgIpc) is 2.75. The number of hydrogen-bond acceptors (Lipinski definition) is 3. The van der Waals surface area contributed by atoms with Crippen LogP contribution in [0.2, 0.25) is 0 Å². The van der Waals surface area contributed by atoms with Gasteiger partial charge in [0.05, 0.1) is 5.69 Å². The number of nitrogens with zero attached hydrogens (tertiary/aromatic N) is 2. The molecule has 0 fully saturated rings. The van der Waals surface area contributed by atoms with Gasteiger partial charge < -0.3 is 0 Å². The van der Waals surface area contributed by atoms with Gasteiger partial charge in [0.1, 0.15) is 5.82 Å². The van der Waals surface area contributed by atoms with Crippen molar-refractivity contribution in [3.8, 4) is 5.69 Å². The van der Waals surface area contributed by atoms with Gasteiger partial charge in [0.25, 0.3) is 5.91 Å². The van der Waals surface area contributed by atoms with Crippen LogP contribution in [0, 0.1) is 5.82 Å². The highest BCUT2D eigenvalue weighted by molar-refractivity contribution is 5.95. The van der Waals surface area contributed by atoms with Gasteiger partial charge in [0.2, 0.25) is 5.91 Å². The van der Waals surface area contributed by atoms with E-state index in [0.29, 0.717) is 11.4 Å². The Balaban J connectivity index is 2.01. The molecule has 1 aliphatic carbocycles. The Morgan fingerprint density at radius 3 is 2.50 bits per heavy atom. The number of nitrogens with one attached hydrogen (secondary N) is 2. The number of hydrogen-bond donors (Lipinski definition) is 2. The van der Waals surface area contributed by atoms with Crippen LogP contribution in [0.5, 0.6) is 0 Å². The molecular formula is C17H19FN4O2. The molecule has 0 spiro atoms. The number of carbonyl (C=O) groups is 2. The lowest BCUT2D eigenvalue weighted by Gasteiger charge is -2.07. The van der Waals surface area contributed by atoms with Crippen molar-refractivity contribution >= 4 is 11.8 Å². The Morgan fingerprint density at radius 2 is 1.79 bits per heavy atom. The molecule has 0 atom stereocenters. The first-order chi connectivity index (χ1) is 11.6.